The third kappa shape index (κ3) is 2.29. The summed E-state index contributed by atoms with van der Waals surface area (Å²) in [4.78, 5) is 41.7. The molecule has 2 heterocycles. The van der Waals surface area contributed by atoms with E-state index in [2.05, 4.69) is 20.6 Å². The van der Waals surface area contributed by atoms with Crippen LogP contribution in [0, 0.1) is 0 Å². The van der Waals surface area contributed by atoms with E-state index < -0.39 is 11.2 Å². The van der Waals surface area contributed by atoms with Gasteiger partial charge in [-0.05, 0) is 0 Å². The van der Waals surface area contributed by atoms with Gasteiger partial charge in [-0.15, -0.1) is 0 Å². The van der Waals surface area contributed by atoms with Gasteiger partial charge in [0.2, 0.25) is 11.9 Å². The predicted molar refractivity (Wildman–Crippen MR) is 73.7 cm³/mol. The molecule has 2 aromatic heterocycles. The predicted octanol–water partition coefficient (Wildman–Crippen LogP) is -1.49. The monoisotopic (exact) mass is 280 g/mol. The lowest BCUT2D eigenvalue weighted by atomic mass is 10.4. The standard InChI is InChI=1S/C11H16N6O3/c1-12-6(18)4-5-13-10-14-7-8(15-10)16(2)11(20)17(3)9(7)19/h4-5H2,1-3H3,(H,12,18)(H2,13,14,15). The first-order valence-electron chi connectivity index (χ1n) is 6.06. The van der Waals surface area contributed by atoms with Crippen LogP contribution < -0.4 is 21.9 Å². The molecule has 9 nitrogen and oxygen atoms in total. The largest absolute Gasteiger partial charge is 0.359 e. The summed E-state index contributed by atoms with van der Waals surface area (Å²) in [6.45, 7) is 0.369. The Bertz CT molecular complexity index is 769. The van der Waals surface area contributed by atoms with E-state index in [1.54, 1.807) is 14.1 Å². The van der Waals surface area contributed by atoms with Crippen LogP contribution in [0.5, 0.6) is 0 Å². The van der Waals surface area contributed by atoms with E-state index in [-0.39, 0.29) is 23.5 Å². The summed E-state index contributed by atoms with van der Waals surface area (Å²) in [5.74, 6) is 0.249. The molecule has 0 unspecified atom stereocenters. The van der Waals surface area contributed by atoms with E-state index in [4.69, 9.17) is 0 Å². The van der Waals surface area contributed by atoms with Gasteiger partial charge < -0.3 is 15.6 Å². The van der Waals surface area contributed by atoms with Gasteiger partial charge in [0.15, 0.2) is 11.2 Å². The Hall–Kier alpha value is -2.58. The molecule has 0 spiro atoms. The van der Waals surface area contributed by atoms with E-state index in [0.29, 0.717) is 12.5 Å². The number of anilines is 1. The molecule has 0 atom stereocenters. The van der Waals surface area contributed by atoms with Crippen LogP contribution >= 0.6 is 0 Å². The number of nitrogens with zero attached hydrogens (tertiary/aromatic N) is 3. The Labute approximate surface area is 113 Å². The average molecular weight is 280 g/mol. The highest BCUT2D eigenvalue weighted by Gasteiger charge is 2.13. The van der Waals surface area contributed by atoms with Crippen LogP contribution in [0.2, 0.25) is 0 Å². The van der Waals surface area contributed by atoms with Crippen molar-refractivity contribution in [2.45, 2.75) is 6.42 Å². The maximum atomic E-state index is 11.9. The zero-order valence-electron chi connectivity index (χ0n) is 11.5. The minimum Gasteiger partial charge on any atom is -0.359 e. The average Bonchev–Trinajstić information content (AvgIpc) is 2.87. The van der Waals surface area contributed by atoms with Gasteiger partial charge in [-0.1, -0.05) is 0 Å². The Kier molecular flexibility index (Phi) is 3.59. The fourth-order valence-electron chi connectivity index (χ4n) is 1.83. The van der Waals surface area contributed by atoms with Crippen LogP contribution in [0.3, 0.4) is 0 Å². The molecule has 0 radical (unpaired) electrons. The Morgan fingerprint density at radius 2 is 2.00 bits per heavy atom. The van der Waals surface area contributed by atoms with Gasteiger partial charge in [0.1, 0.15) is 0 Å². The summed E-state index contributed by atoms with van der Waals surface area (Å²) in [6, 6.07) is 0. The zero-order chi connectivity index (χ0) is 14.9. The molecular weight excluding hydrogens is 264 g/mol. The molecule has 3 N–H and O–H groups in total. The number of carbonyl (C=O) groups excluding carboxylic acids is 1. The van der Waals surface area contributed by atoms with Crippen molar-refractivity contribution in [2.75, 3.05) is 18.9 Å². The molecular formula is C11H16N6O3. The number of nitrogens with one attached hydrogen (secondary N) is 3. The van der Waals surface area contributed by atoms with Crippen LogP contribution in [0.4, 0.5) is 5.95 Å². The first-order valence-corrected chi connectivity index (χ1v) is 6.06. The highest BCUT2D eigenvalue weighted by molar-refractivity contribution is 5.76. The van der Waals surface area contributed by atoms with Gasteiger partial charge in [-0.25, -0.2) is 4.79 Å². The van der Waals surface area contributed by atoms with Crippen LogP contribution in [-0.2, 0) is 18.9 Å². The summed E-state index contributed by atoms with van der Waals surface area (Å²) >= 11 is 0. The van der Waals surface area contributed by atoms with Crippen molar-refractivity contribution < 1.29 is 4.79 Å². The smallest absolute Gasteiger partial charge is 0.332 e. The van der Waals surface area contributed by atoms with Crippen molar-refractivity contribution in [3.05, 3.63) is 20.8 Å². The van der Waals surface area contributed by atoms with E-state index >= 15 is 0 Å². The second-order valence-electron chi connectivity index (χ2n) is 4.34. The number of aryl methyl sites for hydroxylation is 1. The SMILES string of the molecule is CNC(=O)CCNc1nc2c([nH]1)c(=O)n(C)c(=O)n2C. The van der Waals surface area contributed by atoms with E-state index in [1.807, 2.05) is 0 Å². The lowest BCUT2D eigenvalue weighted by Crippen LogP contribution is -2.36. The van der Waals surface area contributed by atoms with Crippen molar-refractivity contribution in [1.29, 1.82) is 0 Å². The highest BCUT2D eigenvalue weighted by Crippen LogP contribution is 2.07. The van der Waals surface area contributed by atoms with Gasteiger partial charge in [-0.2, -0.15) is 4.98 Å². The topological polar surface area (TPSA) is 114 Å². The molecule has 0 saturated heterocycles. The minimum atomic E-state index is -0.439. The number of hydrogen-bond acceptors (Lipinski definition) is 5. The number of rotatable bonds is 4. The molecule has 0 aliphatic carbocycles. The first-order chi connectivity index (χ1) is 9.45. The molecule has 0 bridgehead atoms. The summed E-state index contributed by atoms with van der Waals surface area (Å²) < 4.78 is 2.30. The van der Waals surface area contributed by atoms with E-state index in [0.717, 1.165) is 4.57 Å². The van der Waals surface area contributed by atoms with Crippen molar-refractivity contribution in [3.8, 4) is 0 Å². The molecule has 20 heavy (non-hydrogen) atoms. The van der Waals surface area contributed by atoms with Crippen LogP contribution in [0.15, 0.2) is 9.59 Å². The maximum Gasteiger partial charge on any atom is 0.332 e. The van der Waals surface area contributed by atoms with Crippen LogP contribution in [-0.4, -0.2) is 38.6 Å². The number of fused-ring (bicyclic) bond motifs is 1. The quantitative estimate of drug-likeness (QED) is 0.631. The van der Waals surface area contributed by atoms with Gasteiger partial charge >= 0.3 is 5.69 Å². The van der Waals surface area contributed by atoms with Gasteiger partial charge in [0.05, 0.1) is 0 Å². The lowest BCUT2D eigenvalue weighted by Gasteiger charge is -2.01. The van der Waals surface area contributed by atoms with E-state index in [1.165, 1.54) is 11.6 Å². The third-order valence-electron chi connectivity index (χ3n) is 3.02. The van der Waals surface area contributed by atoms with Crippen molar-refractivity contribution in [3.63, 3.8) is 0 Å². The molecule has 1 amide bonds. The van der Waals surface area contributed by atoms with Crippen molar-refractivity contribution in [1.82, 2.24) is 24.4 Å². The Morgan fingerprint density at radius 1 is 1.30 bits per heavy atom. The number of hydrogen-bond donors (Lipinski definition) is 3. The summed E-state index contributed by atoms with van der Waals surface area (Å²) in [7, 11) is 4.51. The van der Waals surface area contributed by atoms with Crippen LogP contribution in [0.25, 0.3) is 11.2 Å². The number of aromatic nitrogens is 4. The zero-order valence-corrected chi connectivity index (χ0v) is 11.5. The summed E-state index contributed by atoms with van der Waals surface area (Å²) in [5, 5.41) is 5.40. The lowest BCUT2D eigenvalue weighted by molar-refractivity contribution is -0.120. The highest BCUT2D eigenvalue weighted by atomic mass is 16.2. The molecule has 9 heteroatoms. The number of imidazole rings is 1. The summed E-state index contributed by atoms with van der Waals surface area (Å²) in [5.41, 5.74) is -0.349. The fourth-order valence-corrected chi connectivity index (χ4v) is 1.83. The summed E-state index contributed by atoms with van der Waals surface area (Å²) in [6.07, 6.45) is 0.282. The van der Waals surface area contributed by atoms with Crippen LogP contribution in [0.1, 0.15) is 6.42 Å². The third-order valence-corrected chi connectivity index (χ3v) is 3.02. The number of aromatic amines is 1. The molecule has 108 valence electrons. The Balaban J connectivity index is 2.33. The molecule has 0 saturated carbocycles. The van der Waals surface area contributed by atoms with Crippen molar-refractivity contribution >= 4 is 23.0 Å². The molecule has 0 fully saturated rings. The van der Waals surface area contributed by atoms with Gasteiger partial charge in [0.25, 0.3) is 5.56 Å². The fraction of sp³-hybridized carbons (Fsp3) is 0.455. The van der Waals surface area contributed by atoms with Gasteiger partial charge in [0, 0.05) is 34.1 Å². The molecule has 0 aliphatic rings. The number of H-pyrrole nitrogens is 1. The van der Waals surface area contributed by atoms with Crippen molar-refractivity contribution in [2.24, 2.45) is 14.1 Å². The molecule has 0 aliphatic heterocycles. The van der Waals surface area contributed by atoms with Gasteiger partial charge in [-0.3, -0.25) is 18.7 Å². The molecule has 2 aromatic rings. The Morgan fingerprint density at radius 3 is 2.65 bits per heavy atom. The normalized spacial score (nSPS) is 10.8. The molecule has 2 rings (SSSR count). The second-order valence-corrected chi connectivity index (χ2v) is 4.34. The molecule has 0 aromatic carbocycles. The van der Waals surface area contributed by atoms with E-state index in [9.17, 15) is 14.4 Å². The number of amides is 1. The minimum absolute atomic E-state index is 0.100. The second kappa shape index (κ2) is 5.19. The number of carbonyl (C=O) groups is 1. The first kappa shape index (κ1) is 13.8. The maximum absolute atomic E-state index is 11.9.